The lowest BCUT2D eigenvalue weighted by atomic mass is 10.4. The van der Waals surface area contributed by atoms with Crippen molar-refractivity contribution in [2.45, 2.75) is 26.4 Å². The third-order valence-electron chi connectivity index (χ3n) is 2.09. The second kappa shape index (κ2) is 6.84. The van der Waals surface area contributed by atoms with Gasteiger partial charge in [0.25, 0.3) is 0 Å². The first kappa shape index (κ1) is 12.5. The summed E-state index contributed by atoms with van der Waals surface area (Å²) < 4.78 is 6.69. The molecule has 6 nitrogen and oxygen atoms in total. The van der Waals surface area contributed by atoms with Gasteiger partial charge >= 0.3 is 6.09 Å². The van der Waals surface area contributed by atoms with E-state index in [0.717, 1.165) is 18.7 Å². The zero-order valence-electron chi connectivity index (χ0n) is 9.48. The molecule has 6 heteroatoms. The fourth-order valence-corrected chi connectivity index (χ4v) is 1.38. The van der Waals surface area contributed by atoms with Crippen LogP contribution in [0.5, 0.6) is 0 Å². The second-order valence-corrected chi connectivity index (χ2v) is 3.42. The molecule has 0 spiro atoms. The zero-order chi connectivity index (χ0) is 11.8. The average Bonchev–Trinajstić information content (AvgIpc) is 2.65. The number of aromatic nitrogens is 2. The largest absolute Gasteiger partial charge is 0.448 e. The summed E-state index contributed by atoms with van der Waals surface area (Å²) in [5, 5.41) is 3.15. The monoisotopic (exact) mass is 226 g/mol. The topological polar surface area (TPSA) is 82.2 Å². The molecule has 90 valence electrons. The summed E-state index contributed by atoms with van der Waals surface area (Å²) in [7, 11) is 0. The van der Waals surface area contributed by atoms with Gasteiger partial charge in [-0.1, -0.05) is 6.92 Å². The van der Waals surface area contributed by atoms with E-state index >= 15 is 0 Å². The highest BCUT2D eigenvalue weighted by atomic mass is 16.5. The molecule has 1 heterocycles. The summed E-state index contributed by atoms with van der Waals surface area (Å²) in [6.45, 7) is 4.67. The summed E-state index contributed by atoms with van der Waals surface area (Å²) in [6, 6.07) is 0. The number of carbonyl (C=O) groups excluding carboxylic acids is 1. The van der Waals surface area contributed by atoms with Crippen molar-refractivity contribution in [3.63, 3.8) is 0 Å². The summed E-state index contributed by atoms with van der Waals surface area (Å²) in [5.74, 6) is 0. The van der Waals surface area contributed by atoms with Crippen molar-refractivity contribution in [2.24, 2.45) is 5.73 Å². The lowest BCUT2D eigenvalue weighted by Gasteiger charge is -2.07. The van der Waals surface area contributed by atoms with Crippen molar-refractivity contribution in [3.05, 3.63) is 18.2 Å². The van der Waals surface area contributed by atoms with Gasteiger partial charge in [0.15, 0.2) is 0 Å². The van der Waals surface area contributed by atoms with Crippen LogP contribution in [0.1, 0.15) is 19.0 Å². The van der Waals surface area contributed by atoms with Crippen LogP contribution < -0.4 is 11.1 Å². The summed E-state index contributed by atoms with van der Waals surface area (Å²) >= 11 is 0. The molecule has 0 fully saturated rings. The highest BCUT2D eigenvalue weighted by Crippen LogP contribution is 1.99. The lowest BCUT2D eigenvalue weighted by Crippen LogP contribution is -2.24. The minimum absolute atomic E-state index is 0.289. The number of primary amides is 1. The van der Waals surface area contributed by atoms with E-state index in [4.69, 9.17) is 5.73 Å². The maximum atomic E-state index is 10.3. The Balaban J connectivity index is 2.21. The number of ether oxygens (including phenoxy) is 1. The molecule has 16 heavy (non-hydrogen) atoms. The average molecular weight is 226 g/mol. The van der Waals surface area contributed by atoms with Crippen molar-refractivity contribution >= 4 is 6.09 Å². The number of hydrogen-bond donors (Lipinski definition) is 2. The Bertz CT molecular complexity index is 324. The SMILES string of the molecule is CCCn1cncc1CNCCOC(N)=O. The normalized spacial score (nSPS) is 10.3. The molecule has 1 aromatic rings. The van der Waals surface area contributed by atoms with E-state index in [9.17, 15) is 4.79 Å². The van der Waals surface area contributed by atoms with E-state index in [1.165, 1.54) is 0 Å². The Morgan fingerprint density at radius 2 is 2.50 bits per heavy atom. The number of imidazole rings is 1. The van der Waals surface area contributed by atoms with Gasteiger partial charge in [-0.3, -0.25) is 0 Å². The third kappa shape index (κ3) is 4.31. The quantitative estimate of drug-likeness (QED) is 0.662. The van der Waals surface area contributed by atoms with Crippen molar-refractivity contribution in [1.29, 1.82) is 0 Å². The van der Waals surface area contributed by atoms with E-state index in [1.807, 2.05) is 12.5 Å². The maximum Gasteiger partial charge on any atom is 0.404 e. The van der Waals surface area contributed by atoms with Crippen LogP contribution >= 0.6 is 0 Å². The summed E-state index contributed by atoms with van der Waals surface area (Å²) in [6.07, 6.45) is 3.99. The Kier molecular flexibility index (Phi) is 5.35. The van der Waals surface area contributed by atoms with Gasteiger partial charge in [0, 0.05) is 25.8 Å². The van der Waals surface area contributed by atoms with E-state index in [0.29, 0.717) is 13.1 Å². The van der Waals surface area contributed by atoms with Crippen LogP contribution in [0.4, 0.5) is 4.79 Å². The van der Waals surface area contributed by atoms with Crippen LogP contribution in [-0.4, -0.2) is 28.8 Å². The van der Waals surface area contributed by atoms with E-state index in [2.05, 4.69) is 26.5 Å². The van der Waals surface area contributed by atoms with Crippen LogP contribution in [0.3, 0.4) is 0 Å². The van der Waals surface area contributed by atoms with Crippen LogP contribution in [-0.2, 0) is 17.8 Å². The Morgan fingerprint density at radius 3 is 3.19 bits per heavy atom. The molecule has 0 saturated carbocycles. The standard InChI is InChI=1S/C10H18N4O2/c1-2-4-14-8-13-7-9(14)6-12-3-5-16-10(11)15/h7-8,12H,2-6H2,1H3,(H2,11,15). The maximum absolute atomic E-state index is 10.3. The number of rotatable bonds is 7. The molecule has 3 N–H and O–H groups in total. The van der Waals surface area contributed by atoms with Gasteiger partial charge in [0.1, 0.15) is 6.61 Å². The predicted molar refractivity (Wildman–Crippen MR) is 59.8 cm³/mol. The highest BCUT2D eigenvalue weighted by molar-refractivity contribution is 5.64. The van der Waals surface area contributed by atoms with Crippen molar-refractivity contribution in [2.75, 3.05) is 13.2 Å². The van der Waals surface area contributed by atoms with Crippen LogP contribution in [0, 0.1) is 0 Å². The van der Waals surface area contributed by atoms with Gasteiger partial charge in [-0.15, -0.1) is 0 Å². The first-order valence-electron chi connectivity index (χ1n) is 5.36. The summed E-state index contributed by atoms with van der Waals surface area (Å²) in [4.78, 5) is 14.4. The molecule has 0 aliphatic carbocycles. The smallest absolute Gasteiger partial charge is 0.404 e. The van der Waals surface area contributed by atoms with Crippen molar-refractivity contribution in [3.8, 4) is 0 Å². The molecule has 0 unspecified atom stereocenters. The highest BCUT2D eigenvalue weighted by Gasteiger charge is 2.00. The molecule has 0 aromatic carbocycles. The molecule has 1 aromatic heterocycles. The number of amides is 1. The molecule has 0 bridgehead atoms. The molecule has 1 rings (SSSR count). The molecule has 0 atom stereocenters. The molecule has 1 amide bonds. The number of hydrogen-bond acceptors (Lipinski definition) is 4. The van der Waals surface area contributed by atoms with Gasteiger partial charge in [0.05, 0.1) is 12.0 Å². The fraction of sp³-hybridized carbons (Fsp3) is 0.600. The molecule has 0 aliphatic rings. The number of nitrogens with zero attached hydrogens (tertiary/aromatic N) is 2. The lowest BCUT2D eigenvalue weighted by molar-refractivity contribution is 0.157. The molecular formula is C10H18N4O2. The number of nitrogens with one attached hydrogen (secondary N) is 1. The fourth-order valence-electron chi connectivity index (χ4n) is 1.38. The molecular weight excluding hydrogens is 208 g/mol. The number of nitrogens with two attached hydrogens (primary N) is 1. The van der Waals surface area contributed by atoms with Gasteiger partial charge in [-0.05, 0) is 6.42 Å². The molecule has 0 saturated heterocycles. The van der Waals surface area contributed by atoms with Gasteiger partial charge in [-0.2, -0.15) is 0 Å². The minimum Gasteiger partial charge on any atom is -0.448 e. The van der Waals surface area contributed by atoms with E-state index in [-0.39, 0.29) is 6.61 Å². The van der Waals surface area contributed by atoms with Crippen LogP contribution in [0.25, 0.3) is 0 Å². The first-order valence-corrected chi connectivity index (χ1v) is 5.36. The third-order valence-corrected chi connectivity index (χ3v) is 2.09. The predicted octanol–water partition coefficient (Wildman–Crippen LogP) is 0.478. The van der Waals surface area contributed by atoms with E-state index < -0.39 is 6.09 Å². The van der Waals surface area contributed by atoms with Crippen LogP contribution in [0.15, 0.2) is 12.5 Å². The number of aryl methyl sites for hydroxylation is 1. The Hall–Kier alpha value is -1.56. The second-order valence-electron chi connectivity index (χ2n) is 3.42. The Labute approximate surface area is 94.8 Å². The van der Waals surface area contributed by atoms with Gasteiger partial charge < -0.3 is 20.4 Å². The summed E-state index contributed by atoms with van der Waals surface area (Å²) in [5.41, 5.74) is 5.96. The van der Waals surface area contributed by atoms with Crippen LogP contribution in [0.2, 0.25) is 0 Å². The first-order chi connectivity index (χ1) is 7.74. The Morgan fingerprint density at radius 1 is 1.69 bits per heavy atom. The number of carbonyl (C=O) groups is 1. The minimum atomic E-state index is -0.738. The molecule has 0 aliphatic heterocycles. The van der Waals surface area contributed by atoms with Crippen molar-refractivity contribution < 1.29 is 9.53 Å². The van der Waals surface area contributed by atoms with Gasteiger partial charge in [-0.25, -0.2) is 9.78 Å². The molecule has 0 radical (unpaired) electrons. The van der Waals surface area contributed by atoms with Crippen molar-refractivity contribution in [1.82, 2.24) is 14.9 Å². The zero-order valence-corrected chi connectivity index (χ0v) is 9.48. The van der Waals surface area contributed by atoms with Gasteiger partial charge in [0.2, 0.25) is 0 Å². The van der Waals surface area contributed by atoms with E-state index in [1.54, 1.807) is 0 Å².